The first-order valence-corrected chi connectivity index (χ1v) is 3.99. The lowest BCUT2D eigenvalue weighted by molar-refractivity contribution is 0.220. The lowest BCUT2D eigenvalue weighted by Gasteiger charge is -2.11. The molecule has 13 heavy (non-hydrogen) atoms. The Balaban J connectivity index is 2.58. The van der Waals surface area contributed by atoms with Gasteiger partial charge in [-0.05, 0) is 24.6 Å². The second-order valence-corrected chi connectivity index (χ2v) is 3.17. The van der Waals surface area contributed by atoms with Crippen LogP contribution in [0.2, 0.25) is 0 Å². The molecule has 2 rings (SSSR count). The van der Waals surface area contributed by atoms with Crippen molar-refractivity contribution in [3.63, 3.8) is 0 Å². The van der Waals surface area contributed by atoms with Crippen LogP contribution >= 0.6 is 0 Å². The average molecular weight is 180 g/mol. The standard InChI is InChI=1S/C8H12N4O/c1-5-3-7-8(4-6(5)9)12(13)10-11(7)2/h3-4,10,13H,9H2,1-2H3. The highest BCUT2D eigenvalue weighted by atomic mass is 16.6. The van der Waals surface area contributed by atoms with Crippen LogP contribution in [0.1, 0.15) is 5.56 Å². The monoisotopic (exact) mass is 180 g/mol. The van der Waals surface area contributed by atoms with Crippen LogP contribution in [-0.2, 0) is 0 Å². The maximum Gasteiger partial charge on any atom is 0.111 e. The fourth-order valence-corrected chi connectivity index (χ4v) is 1.39. The van der Waals surface area contributed by atoms with Gasteiger partial charge in [0, 0.05) is 12.7 Å². The molecule has 4 N–H and O–H groups in total. The van der Waals surface area contributed by atoms with Gasteiger partial charge in [0.2, 0.25) is 0 Å². The third-order valence-electron chi connectivity index (χ3n) is 2.20. The van der Waals surface area contributed by atoms with E-state index in [2.05, 4.69) is 5.53 Å². The van der Waals surface area contributed by atoms with Crippen LogP contribution < -0.4 is 21.4 Å². The first-order chi connectivity index (χ1) is 6.09. The molecule has 5 nitrogen and oxygen atoms in total. The maximum atomic E-state index is 9.39. The molecule has 0 saturated carbocycles. The molecule has 0 amide bonds. The van der Waals surface area contributed by atoms with E-state index in [0.717, 1.165) is 16.4 Å². The van der Waals surface area contributed by atoms with Gasteiger partial charge in [0.25, 0.3) is 0 Å². The van der Waals surface area contributed by atoms with Gasteiger partial charge in [-0.2, -0.15) is 5.17 Å². The Bertz CT molecular complexity index is 319. The molecule has 0 bridgehead atoms. The summed E-state index contributed by atoms with van der Waals surface area (Å²) in [6, 6.07) is 3.66. The molecule has 0 atom stereocenters. The Labute approximate surface area is 76.3 Å². The van der Waals surface area contributed by atoms with Gasteiger partial charge < -0.3 is 5.73 Å². The molecule has 0 saturated heterocycles. The fraction of sp³-hybridized carbons (Fsp3) is 0.250. The number of hydrogen-bond acceptors (Lipinski definition) is 5. The first kappa shape index (κ1) is 8.15. The van der Waals surface area contributed by atoms with Gasteiger partial charge in [-0.15, -0.1) is 5.53 Å². The number of aryl methyl sites for hydroxylation is 1. The number of nitrogens with one attached hydrogen (secondary N) is 1. The third kappa shape index (κ3) is 1.09. The number of anilines is 3. The fourth-order valence-electron chi connectivity index (χ4n) is 1.39. The topological polar surface area (TPSA) is 64.8 Å². The molecule has 1 aromatic carbocycles. The van der Waals surface area contributed by atoms with Gasteiger partial charge in [-0.1, -0.05) is 0 Å². The van der Waals surface area contributed by atoms with Crippen molar-refractivity contribution in [3.8, 4) is 0 Å². The van der Waals surface area contributed by atoms with E-state index in [1.54, 1.807) is 11.1 Å². The molecular weight excluding hydrogens is 168 g/mol. The zero-order valence-corrected chi connectivity index (χ0v) is 7.57. The Morgan fingerprint density at radius 1 is 1.38 bits per heavy atom. The Hall–Kier alpha value is -1.46. The predicted molar refractivity (Wildman–Crippen MR) is 51.4 cm³/mol. The van der Waals surface area contributed by atoms with Crippen LogP contribution in [-0.4, -0.2) is 12.3 Å². The van der Waals surface area contributed by atoms with E-state index in [1.165, 1.54) is 0 Å². The van der Waals surface area contributed by atoms with E-state index < -0.39 is 0 Å². The van der Waals surface area contributed by atoms with Gasteiger partial charge in [0.1, 0.15) is 5.69 Å². The maximum absolute atomic E-state index is 9.39. The van der Waals surface area contributed by atoms with Crippen molar-refractivity contribution in [1.29, 1.82) is 0 Å². The second-order valence-electron chi connectivity index (χ2n) is 3.17. The number of hydrogen-bond donors (Lipinski definition) is 3. The Morgan fingerprint density at radius 2 is 2.08 bits per heavy atom. The van der Waals surface area contributed by atoms with Crippen LogP contribution in [0, 0.1) is 6.92 Å². The number of hydrazine groups is 2. The average Bonchev–Trinajstić information content (AvgIpc) is 2.31. The number of benzene rings is 1. The van der Waals surface area contributed by atoms with Crippen molar-refractivity contribution in [2.75, 3.05) is 23.0 Å². The summed E-state index contributed by atoms with van der Waals surface area (Å²) in [5.41, 5.74) is 11.7. The Kier molecular flexibility index (Phi) is 1.58. The molecular formula is C8H12N4O. The number of rotatable bonds is 0. The summed E-state index contributed by atoms with van der Waals surface area (Å²) in [5, 5.41) is 12.1. The summed E-state index contributed by atoms with van der Waals surface area (Å²) >= 11 is 0. The van der Waals surface area contributed by atoms with Crippen LogP contribution in [0.5, 0.6) is 0 Å². The predicted octanol–water partition coefficient (Wildman–Crippen LogP) is 0.642. The normalized spacial score (nSPS) is 15.0. The summed E-state index contributed by atoms with van der Waals surface area (Å²) in [4.78, 5) is 0. The number of fused-ring (bicyclic) bond motifs is 1. The van der Waals surface area contributed by atoms with Crippen LogP contribution in [0.15, 0.2) is 12.1 Å². The van der Waals surface area contributed by atoms with Gasteiger partial charge >= 0.3 is 0 Å². The highest BCUT2D eigenvalue weighted by molar-refractivity contribution is 5.78. The summed E-state index contributed by atoms with van der Waals surface area (Å²) in [5.74, 6) is 0. The minimum atomic E-state index is 0.672. The van der Waals surface area contributed by atoms with Crippen molar-refractivity contribution in [1.82, 2.24) is 5.53 Å². The minimum absolute atomic E-state index is 0.672. The van der Waals surface area contributed by atoms with E-state index in [4.69, 9.17) is 5.73 Å². The van der Waals surface area contributed by atoms with Gasteiger partial charge in [0.15, 0.2) is 0 Å². The number of nitrogens with zero attached hydrogens (tertiary/aromatic N) is 2. The minimum Gasteiger partial charge on any atom is -0.398 e. The smallest absolute Gasteiger partial charge is 0.111 e. The lowest BCUT2D eigenvalue weighted by atomic mass is 10.1. The van der Waals surface area contributed by atoms with E-state index in [1.807, 2.05) is 20.0 Å². The molecule has 1 aliphatic heterocycles. The molecule has 5 heteroatoms. The van der Waals surface area contributed by atoms with E-state index in [0.29, 0.717) is 11.4 Å². The van der Waals surface area contributed by atoms with E-state index in [-0.39, 0.29) is 0 Å². The van der Waals surface area contributed by atoms with Crippen LogP contribution in [0.3, 0.4) is 0 Å². The Morgan fingerprint density at radius 3 is 2.77 bits per heavy atom. The van der Waals surface area contributed by atoms with Gasteiger partial charge in [-0.3, -0.25) is 10.2 Å². The van der Waals surface area contributed by atoms with Crippen molar-refractivity contribution >= 4 is 17.1 Å². The molecule has 0 radical (unpaired) electrons. The molecule has 0 aromatic heterocycles. The molecule has 0 unspecified atom stereocenters. The van der Waals surface area contributed by atoms with E-state index in [9.17, 15) is 5.21 Å². The molecule has 0 spiro atoms. The van der Waals surface area contributed by atoms with Crippen molar-refractivity contribution < 1.29 is 5.21 Å². The second kappa shape index (κ2) is 2.51. The lowest BCUT2D eigenvalue weighted by Crippen LogP contribution is -2.39. The molecule has 0 aliphatic carbocycles. The zero-order chi connectivity index (χ0) is 9.59. The number of nitrogens with two attached hydrogens (primary N) is 1. The van der Waals surface area contributed by atoms with E-state index >= 15 is 0 Å². The van der Waals surface area contributed by atoms with Crippen molar-refractivity contribution in [2.24, 2.45) is 0 Å². The van der Waals surface area contributed by atoms with Crippen molar-refractivity contribution in [3.05, 3.63) is 17.7 Å². The summed E-state index contributed by atoms with van der Waals surface area (Å²) < 4.78 is 0. The quantitative estimate of drug-likeness (QED) is 0.511. The van der Waals surface area contributed by atoms with Crippen LogP contribution in [0.25, 0.3) is 0 Å². The zero-order valence-electron chi connectivity index (χ0n) is 7.57. The highest BCUT2D eigenvalue weighted by Crippen LogP contribution is 2.34. The third-order valence-corrected chi connectivity index (χ3v) is 2.20. The molecule has 1 heterocycles. The SMILES string of the molecule is Cc1cc2c(cc1N)N(O)NN2C. The highest BCUT2D eigenvalue weighted by Gasteiger charge is 2.22. The summed E-state index contributed by atoms with van der Waals surface area (Å²) in [6.07, 6.45) is 0. The molecule has 0 fully saturated rings. The summed E-state index contributed by atoms with van der Waals surface area (Å²) in [6.45, 7) is 1.93. The first-order valence-electron chi connectivity index (χ1n) is 3.99. The molecule has 1 aliphatic rings. The van der Waals surface area contributed by atoms with Gasteiger partial charge in [0.05, 0.1) is 5.69 Å². The van der Waals surface area contributed by atoms with Crippen molar-refractivity contribution in [2.45, 2.75) is 6.92 Å². The molecule has 1 aromatic rings. The summed E-state index contributed by atoms with van der Waals surface area (Å²) in [7, 11) is 1.82. The molecule has 70 valence electrons. The van der Waals surface area contributed by atoms with Gasteiger partial charge in [-0.25, -0.2) is 0 Å². The number of nitrogen functional groups attached to an aromatic ring is 1. The largest absolute Gasteiger partial charge is 0.398 e. The van der Waals surface area contributed by atoms with Crippen LogP contribution in [0.4, 0.5) is 17.1 Å².